The van der Waals surface area contributed by atoms with Crippen molar-refractivity contribution in [3.05, 3.63) is 71.3 Å². The lowest BCUT2D eigenvalue weighted by atomic mass is 10.1. The van der Waals surface area contributed by atoms with Crippen LogP contribution in [0.1, 0.15) is 23.6 Å². The third-order valence-electron chi connectivity index (χ3n) is 3.64. The smallest absolute Gasteiger partial charge is 0.418 e. The van der Waals surface area contributed by atoms with Crippen molar-refractivity contribution in [3.63, 3.8) is 0 Å². The number of alkyl halides is 3. The molecule has 2 aromatic carbocycles. The highest BCUT2D eigenvalue weighted by Gasteiger charge is 2.34. The molecule has 0 aliphatic carbocycles. The molecule has 0 saturated carbocycles. The molecular weight excluding hydrogens is 359 g/mol. The number of ether oxygens (including phenoxy) is 1. The molecule has 4 nitrogen and oxygen atoms in total. The first-order valence-electron chi connectivity index (χ1n) is 8.09. The fourth-order valence-electron chi connectivity index (χ4n) is 2.18. The monoisotopic (exact) mass is 377 g/mol. The van der Waals surface area contributed by atoms with Crippen LogP contribution in [-0.4, -0.2) is 18.0 Å². The molecular formula is C20H18F3NO3. The van der Waals surface area contributed by atoms with Crippen molar-refractivity contribution in [2.24, 2.45) is 0 Å². The zero-order valence-corrected chi connectivity index (χ0v) is 14.7. The standard InChI is InChI=1S/C20H18F3NO3/c1-13-7-9-15(10-8-13)11-12-18(25)27-14(2)19(26)24-17-6-4-3-5-16(17)20(21,22)23/h3-12,14H,1-2H3,(H,24,26)/b12-11+. The van der Waals surface area contributed by atoms with Crippen LogP contribution in [0.15, 0.2) is 54.6 Å². The number of hydrogen-bond acceptors (Lipinski definition) is 3. The molecule has 1 amide bonds. The van der Waals surface area contributed by atoms with Gasteiger partial charge in [-0.2, -0.15) is 13.2 Å². The van der Waals surface area contributed by atoms with Crippen molar-refractivity contribution in [2.45, 2.75) is 26.1 Å². The highest BCUT2D eigenvalue weighted by molar-refractivity contribution is 5.97. The summed E-state index contributed by atoms with van der Waals surface area (Å²) in [4.78, 5) is 23.9. The van der Waals surface area contributed by atoms with Crippen LogP contribution in [0.25, 0.3) is 6.08 Å². The van der Waals surface area contributed by atoms with Gasteiger partial charge in [-0.05, 0) is 37.6 Å². The number of carbonyl (C=O) groups excluding carboxylic acids is 2. The molecule has 142 valence electrons. The van der Waals surface area contributed by atoms with Gasteiger partial charge in [-0.15, -0.1) is 0 Å². The molecule has 0 radical (unpaired) electrons. The van der Waals surface area contributed by atoms with E-state index in [0.717, 1.165) is 29.3 Å². The number of rotatable bonds is 5. The Labute approximate surface area is 154 Å². The minimum Gasteiger partial charge on any atom is -0.449 e. The van der Waals surface area contributed by atoms with Gasteiger partial charge in [-0.25, -0.2) is 4.79 Å². The van der Waals surface area contributed by atoms with Crippen LogP contribution < -0.4 is 5.32 Å². The lowest BCUT2D eigenvalue weighted by Gasteiger charge is -2.16. The average Bonchev–Trinajstić information content (AvgIpc) is 2.60. The van der Waals surface area contributed by atoms with E-state index in [1.54, 1.807) is 0 Å². The number of carbonyl (C=O) groups is 2. The van der Waals surface area contributed by atoms with Gasteiger partial charge in [0.25, 0.3) is 5.91 Å². The SMILES string of the molecule is Cc1ccc(/C=C/C(=O)OC(C)C(=O)Nc2ccccc2C(F)(F)F)cc1. The molecule has 1 atom stereocenters. The predicted octanol–water partition coefficient (Wildman–Crippen LogP) is 4.60. The number of para-hydroxylation sites is 1. The minimum atomic E-state index is -4.61. The molecule has 0 fully saturated rings. The summed E-state index contributed by atoms with van der Waals surface area (Å²) in [5, 5.41) is 2.14. The Morgan fingerprint density at radius 2 is 1.70 bits per heavy atom. The van der Waals surface area contributed by atoms with Crippen LogP contribution in [0.4, 0.5) is 18.9 Å². The molecule has 27 heavy (non-hydrogen) atoms. The molecule has 0 aliphatic rings. The molecule has 0 aromatic heterocycles. The number of nitrogens with one attached hydrogen (secondary N) is 1. The van der Waals surface area contributed by atoms with Crippen LogP contribution >= 0.6 is 0 Å². The molecule has 0 saturated heterocycles. The van der Waals surface area contributed by atoms with Gasteiger partial charge in [-0.3, -0.25) is 4.79 Å². The summed E-state index contributed by atoms with van der Waals surface area (Å²) < 4.78 is 43.8. The van der Waals surface area contributed by atoms with E-state index in [-0.39, 0.29) is 0 Å². The van der Waals surface area contributed by atoms with Gasteiger partial charge in [0.15, 0.2) is 6.10 Å². The van der Waals surface area contributed by atoms with Gasteiger partial charge >= 0.3 is 12.1 Å². The van der Waals surface area contributed by atoms with E-state index in [2.05, 4.69) is 5.32 Å². The second-order valence-electron chi connectivity index (χ2n) is 5.86. The molecule has 1 unspecified atom stereocenters. The van der Waals surface area contributed by atoms with Crippen LogP contribution in [0.5, 0.6) is 0 Å². The van der Waals surface area contributed by atoms with Crippen LogP contribution in [-0.2, 0) is 20.5 Å². The number of esters is 1. The third kappa shape index (κ3) is 5.99. The number of hydrogen-bond donors (Lipinski definition) is 1. The summed E-state index contributed by atoms with van der Waals surface area (Å²) in [5.41, 5.74) is 0.470. The second-order valence-corrected chi connectivity index (χ2v) is 5.86. The predicted molar refractivity (Wildman–Crippen MR) is 95.8 cm³/mol. The summed E-state index contributed by atoms with van der Waals surface area (Å²) in [5.74, 6) is -1.63. The number of amides is 1. The van der Waals surface area contributed by atoms with Crippen molar-refractivity contribution in [3.8, 4) is 0 Å². The van der Waals surface area contributed by atoms with E-state index in [1.165, 1.54) is 25.1 Å². The second kappa shape index (κ2) is 8.53. The van der Waals surface area contributed by atoms with Crippen LogP contribution in [0, 0.1) is 6.92 Å². The Balaban J connectivity index is 1.98. The molecule has 0 spiro atoms. The van der Waals surface area contributed by atoms with E-state index in [4.69, 9.17) is 4.74 Å². The first kappa shape index (κ1) is 20.2. The largest absolute Gasteiger partial charge is 0.449 e. The highest BCUT2D eigenvalue weighted by Crippen LogP contribution is 2.34. The number of anilines is 1. The summed E-state index contributed by atoms with van der Waals surface area (Å²) in [6.07, 6.45) is -3.20. The quantitative estimate of drug-likeness (QED) is 0.612. The average molecular weight is 377 g/mol. The fourth-order valence-corrected chi connectivity index (χ4v) is 2.18. The van der Waals surface area contributed by atoms with Crippen LogP contribution in [0.3, 0.4) is 0 Å². The van der Waals surface area contributed by atoms with Crippen molar-refractivity contribution < 1.29 is 27.5 Å². The van der Waals surface area contributed by atoms with Crippen molar-refractivity contribution in [2.75, 3.05) is 5.32 Å². The highest BCUT2D eigenvalue weighted by atomic mass is 19.4. The maximum absolute atomic E-state index is 13.0. The molecule has 1 N–H and O–H groups in total. The van der Waals surface area contributed by atoms with Gasteiger partial charge in [0.05, 0.1) is 11.3 Å². The first-order valence-corrected chi connectivity index (χ1v) is 8.09. The van der Waals surface area contributed by atoms with E-state index >= 15 is 0 Å². The van der Waals surface area contributed by atoms with E-state index in [1.807, 2.05) is 31.2 Å². The molecule has 2 aromatic rings. The van der Waals surface area contributed by atoms with Crippen molar-refractivity contribution in [1.29, 1.82) is 0 Å². The Morgan fingerprint density at radius 3 is 2.33 bits per heavy atom. The van der Waals surface area contributed by atoms with Gasteiger partial charge in [-0.1, -0.05) is 42.0 Å². The summed E-state index contributed by atoms with van der Waals surface area (Å²) in [6.45, 7) is 3.21. The van der Waals surface area contributed by atoms with Crippen LogP contribution in [0.2, 0.25) is 0 Å². The molecule has 0 bridgehead atoms. The topological polar surface area (TPSA) is 55.4 Å². The number of halogens is 3. The molecule has 0 aliphatic heterocycles. The van der Waals surface area contributed by atoms with Crippen molar-refractivity contribution in [1.82, 2.24) is 0 Å². The van der Waals surface area contributed by atoms with Crippen molar-refractivity contribution >= 4 is 23.6 Å². The summed E-state index contributed by atoms with van der Waals surface area (Å²) in [6, 6.07) is 11.9. The minimum absolute atomic E-state index is 0.395. The molecule has 0 heterocycles. The lowest BCUT2D eigenvalue weighted by Crippen LogP contribution is -2.30. The first-order chi connectivity index (χ1) is 12.7. The Bertz CT molecular complexity index is 842. The van der Waals surface area contributed by atoms with E-state index < -0.39 is 35.4 Å². The lowest BCUT2D eigenvalue weighted by molar-refractivity contribution is -0.148. The Kier molecular flexibility index (Phi) is 6.39. The van der Waals surface area contributed by atoms with E-state index in [0.29, 0.717) is 0 Å². The summed E-state index contributed by atoms with van der Waals surface area (Å²) >= 11 is 0. The van der Waals surface area contributed by atoms with Gasteiger partial charge in [0, 0.05) is 6.08 Å². The Morgan fingerprint density at radius 1 is 1.07 bits per heavy atom. The summed E-state index contributed by atoms with van der Waals surface area (Å²) in [7, 11) is 0. The van der Waals surface area contributed by atoms with Gasteiger partial charge < -0.3 is 10.1 Å². The fraction of sp³-hybridized carbons (Fsp3) is 0.200. The van der Waals surface area contributed by atoms with Gasteiger partial charge in [0.1, 0.15) is 0 Å². The maximum atomic E-state index is 13.0. The zero-order valence-electron chi connectivity index (χ0n) is 14.7. The maximum Gasteiger partial charge on any atom is 0.418 e. The third-order valence-corrected chi connectivity index (χ3v) is 3.64. The number of aryl methyl sites for hydroxylation is 1. The zero-order chi connectivity index (χ0) is 20.0. The van der Waals surface area contributed by atoms with Gasteiger partial charge in [0.2, 0.25) is 0 Å². The number of benzene rings is 2. The Hall–Kier alpha value is -3.09. The normalized spacial score (nSPS) is 12.6. The molecule has 2 rings (SSSR count). The molecule has 7 heteroatoms. The van der Waals surface area contributed by atoms with E-state index in [9.17, 15) is 22.8 Å².